The molecule has 5 heteroatoms. The molecular formula is C24H27N2O2P. The fraction of sp³-hybridized carbons (Fsp3) is 0.250. The van der Waals surface area contributed by atoms with Crippen molar-refractivity contribution >= 4 is 12.7 Å². The Kier molecular flexibility index (Phi) is 5.60. The zero-order chi connectivity index (χ0) is 20.4. The van der Waals surface area contributed by atoms with E-state index in [1.54, 1.807) is 18.2 Å². The molecule has 1 saturated heterocycles. The number of benzene rings is 3. The van der Waals surface area contributed by atoms with Gasteiger partial charge in [-0.1, -0.05) is 72.8 Å². The van der Waals surface area contributed by atoms with Gasteiger partial charge in [0.05, 0.1) is 5.30 Å². The highest BCUT2D eigenvalue weighted by Gasteiger charge is 2.49. The first-order chi connectivity index (χ1) is 14.0. The van der Waals surface area contributed by atoms with Gasteiger partial charge in [0, 0.05) is 25.2 Å². The minimum atomic E-state index is -3.21. The molecule has 3 aromatic rings. The zero-order valence-electron chi connectivity index (χ0n) is 16.8. The van der Waals surface area contributed by atoms with E-state index in [1.165, 1.54) is 0 Å². The number of hydrogen-bond donors (Lipinski definition) is 1. The van der Waals surface area contributed by atoms with Crippen LogP contribution in [0.2, 0.25) is 0 Å². The van der Waals surface area contributed by atoms with Crippen LogP contribution < -0.4 is 5.30 Å². The van der Waals surface area contributed by atoms with Crippen LogP contribution in [0, 0.1) is 0 Å². The highest BCUT2D eigenvalue weighted by Crippen LogP contribution is 2.63. The highest BCUT2D eigenvalue weighted by atomic mass is 31.2. The van der Waals surface area contributed by atoms with Crippen LogP contribution in [0.3, 0.4) is 0 Å². The Morgan fingerprint density at radius 3 is 1.59 bits per heavy atom. The van der Waals surface area contributed by atoms with Crippen LogP contribution in [0.5, 0.6) is 5.75 Å². The third-order valence-electron chi connectivity index (χ3n) is 5.91. The van der Waals surface area contributed by atoms with Crippen LogP contribution >= 0.6 is 7.44 Å². The summed E-state index contributed by atoms with van der Waals surface area (Å²) in [4.78, 5) is 0. The molecule has 1 aliphatic rings. The second-order valence-electron chi connectivity index (χ2n) is 7.53. The fourth-order valence-electron chi connectivity index (χ4n) is 4.27. The predicted octanol–water partition coefficient (Wildman–Crippen LogP) is 5.35. The smallest absolute Gasteiger partial charge is 0.250 e. The third kappa shape index (κ3) is 3.53. The van der Waals surface area contributed by atoms with Crippen LogP contribution in [0.25, 0.3) is 0 Å². The monoisotopic (exact) mass is 406 g/mol. The van der Waals surface area contributed by atoms with E-state index in [4.69, 9.17) is 0 Å². The maximum atomic E-state index is 14.8. The fourth-order valence-corrected chi connectivity index (χ4v) is 7.70. The second-order valence-corrected chi connectivity index (χ2v) is 10.1. The van der Waals surface area contributed by atoms with E-state index in [2.05, 4.69) is 47.5 Å². The van der Waals surface area contributed by atoms with Crippen LogP contribution in [-0.4, -0.2) is 27.5 Å². The molecule has 0 radical (unpaired) electrons. The van der Waals surface area contributed by atoms with Gasteiger partial charge in [0.1, 0.15) is 5.75 Å². The van der Waals surface area contributed by atoms with Gasteiger partial charge in [0.2, 0.25) is 0 Å². The normalized spacial score (nSPS) is 19.1. The summed E-state index contributed by atoms with van der Waals surface area (Å²) in [5, 5.41) is 11.2. The Bertz CT molecular complexity index is 952. The molecule has 4 rings (SSSR count). The topological polar surface area (TPSA) is 43.8 Å². The highest BCUT2D eigenvalue weighted by molar-refractivity contribution is 7.67. The molecule has 1 N–H and O–H groups in total. The molecule has 1 fully saturated rings. The quantitative estimate of drug-likeness (QED) is 0.580. The first-order valence-electron chi connectivity index (χ1n) is 10.1. The molecule has 0 aliphatic carbocycles. The molecule has 0 amide bonds. The lowest BCUT2D eigenvalue weighted by Crippen LogP contribution is -2.30. The molecule has 0 saturated carbocycles. The summed E-state index contributed by atoms with van der Waals surface area (Å²) < 4.78 is 19.0. The Balaban J connectivity index is 1.81. The van der Waals surface area contributed by atoms with E-state index in [-0.39, 0.29) is 17.8 Å². The van der Waals surface area contributed by atoms with Gasteiger partial charge < -0.3 is 5.11 Å². The van der Waals surface area contributed by atoms with Gasteiger partial charge in [-0.3, -0.25) is 4.57 Å². The van der Waals surface area contributed by atoms with Gasteiger partial charge in [-0.25, -0.2) is 9.34 Å². The summed E-state index contributed by atoms with van der Waals surface area (Å²) in [6.45, 7) is 5.55. The van der Waals surface area contributed by atoms with Crippen molar-refractivity contribution < 1.29 is 9.67 Å². The molecule has 0 aromatic heterocycles. The Labute approximate surface area is 172 Å². The first-order valence-corrected chi connectivity index (χ1v) is 11.7. The minimum Gasteiger partial charge on any atom is -0.507 e. The van der Waals surface area contributed by atoms with Crippen molar-refractivity contribution in [1.29, 1.82) is 0 Å². The molecule has 0 unspecified atom stereocenters. The lowest BCUT2D eigenvalue weighted by molar-refractivity contribution is 0.374. The minimum absolute atomic E-state index is 0.0328. The van der Waals surface area contributed by atoms with Crippen molar-refractivity contribution in [2.45, 2.75) is 25.9 Å². The first kappa shape index (κ1) is 19.9. The van der Waals surface area contributed by atoms with Crippen molar-refractivity contribution in [2.75, 3.05) is 13.1 Å². The van der Waals surface area contributed by atoms with Crippen molar-refractivity contribution in [3.05, 3.63) is 96.1 Å². The number of aromatic hydroxyl groups is 1. The van der Waals surface area contributed by atoms with Crippen LogP contribution in [0.1, 0.15) is 37.1 Å². The zero-order valence-corrected chi connectivity index (χ0v) is 17.7. The number of rotatable bonds is 5. The Morgan fingerprint density at radius 2 is 1.14 bits per heavy atom. The Hall–Kier alpha value is -2.39. The molecule has 1 aliphatic heterocycles. The summed E-state index contributed by atoms with van der Waals surface area (Å²) in [5.74, 6) is 0.0910. The summed E-state index contributed by atoms with van der Waals surface area (Å²) >= 11 is 0. The van der Waals surface area contributed by atoms with Crippen LogP contribution in [-0.2, 0) is 4.57 Å². The molecule has 150 valence electrons. The molecule has 29 heavy (non-hydrogen) atoms. The number of nitrogens with zero attached hydrogens (tertiary/aromatic N) is 2. The predicted molar refractivity (Wildman–Crippen MR) is 118 cm³/mol. The SMILES string of the molecule is C[C@@H](c1ccccc1)N1CCN([C@@H](C)c2ccccc2)P1(=O)c1ccccc1O. The lowest BCUT2D eigenvalue weighted by Gasteiger charge is -2.37. The summed E-state index contributed by atoms with van der Waals surface area (Å²) in [6.07, 6.45) is 0. The molecule has 2 atom stereocenters. The third-order valence-corrected chi connectivity index (χ3v) is 9.40. The average molecular weight is 406 g/mol. The average Bonchev–Trinajstić information content (AvgIpc) is 3.12. The van der Waals surface area contributed by atoms with Crippen molar-refractivity contribution in [2.24, 2.45) is 0 Å². The van der Waals surface area contributed by atoms with Gasteiger partial charge in [-0.15, -0.1) is 0 Å². The van der Waals surface area contributed by atoms with Crippen molar-refractivity contribution in [1.82, 2.24) is 9.34 Å². The van der Waals surface area contributed by atoms with E-state index in [0.29, 0.717) is 18.4 Å². The number of hydrogen-bond acceptors (Lipinski definition) is 2. The van der Waals surface area contributed by atoms with E-state index >= 15 is 0 Å². The largest absolute Gasteiger partial charge is 0.507 e. The second kappa shape index (κ2) is 8.16. The number of para-hydroxylation sites is 1. The molecular weight excluding hydrogens is 379 g/mol. The van der Waals surface area contributed by atoms with Gasteiger partial charge >= 0.3 is 0 Å². The number of phenolic OH excluding ortho intramolecular Hbond substituents is 1. The van der Waals surface area contributed by atoms with Crippen molar-refractivity contribution in [3.63, 3.8) is 0 Å². The maximum absolute atomic E-state index is 14.8. The van der Waals surface area contributed by atoms with Crippen LogP contribution in [0.15, 0.2) is 84.9 Å². The van der Waals surface area contributed by atoms with E-state index in [9.17, 15) is 9.67 Å². The molecule has 3 aromatic carbocycles. The maximum Gasteiger partial charge on any atom is 0.250 e. The molecule has 4 nitrogen and oxygen atoms in total. The van der Waals surface area contributed by atoms with Crippen molar-refractivity contribution in [3.8, 4) is 5.75 Å². The molecule has 1 heterocycles. The molecule has 0 bridgehead atoms. The summed E-state index contributed by atoms with van der Waals surface area (Å²) in [5.41, 5.74) is 2.25. The van der Waals surface area contributed by atoms with E-state index in [1.807, 2.05) is 42.5 Å². The van der Waals surface area contributed by atoms with Gasteiger partial charge in [-0.05, 0) is 37.1 Å². The van der Waals surface area contributed by atoms with E-state index < -0.39 is 7.44 Å². The Morgan fingerprint density at radius 1 is 0.724 bits per heavy atom. The van der Waals surface area contributed by atoms with E-state index in [0.717, 1.165) is 11.1 Å². The summed E-state index contributed by atoms with van der Waals surface area (Å²) in [7, 11) is -3.21. The van der Waals surface area contributed by atoms with Gasteiger partial charge in [0.15, 0.2) is 0 Å². The molecule has 0 spiro atoms. The van der Waals surface area contributed by atoms with Gasteiger partial charge in [0.25, 0.3) is 7.44 Å². The standard InChI is InChI=1S/C24H27N2O2P/c1-19(21-11-5-3-6-12-21)25-17-18-26(20(2)22-13-7-4-8-14-22)29(25,28)24-16-10-9-15-23(24)27/h3-16,19-20,27H,17-18H2,1-2H3/t19-,20-/m0/s1. The lowest BCUT2D eigenvalue weighted by atomic mass is 10.1. The number of phenols is 1. The van der Waals surface area contributed by atoms with Gasteiger partial charge in [-0.2, -0.15) is 0 Å². The summed E-state index contributed by atoms with van der Waals surface area (Å²) in [6, 6.07) is 27.3. The van der Waals surface area contributed by atoms with Crippen LogP contribution in [0.4, 0.5) is 0 Å².